The Labute approximate surface area is 108 Å². The van der Waals surface area contributed by atoms with E-state index < -0.39 is 6.03 Å². The molecule has 1 aliphatic rings. The van der Waals surface area contributed by atoms with Gasteiger partial charge in [-0.1, -0.05) is 6.92 Å². The Morgan fingerprint density at radius 2 is 2.06 bits per heavy atom. The summed E-state index contributed by atoms with van der Waals surface area (Å²) in [7, 11) is 0. The number of imide groups is 1. The van der Waals surface area contributed by atoms with Gasteiger partial charge in [-0.3, -0.25) is 15.0 Å². The van der Waals surface area contributed by atoms with Crippen molar-refractivity contribution < 1.29 is 9.59 Å². The van der Waals surface area contributed by atoms with E-state index in [-0.39, 0.29) is 18.5 Å². The van der Waals surface area contributed by atoms with Gasteiger partial charge >= 0.3 is 6.03 Å². The zero-order valence-electron chi connectivity index (χ0n) is 11.5. The molecular weight excluding hydrogens is 232 g/mol. The maximum atomic E-state index is 11.7. The van der Waals surface area contributed by atoms with Gasteiger partial charge in [0.2, 0.25) is 5.91 Å². The number of amides is 3. The molecule has 0 aromatic heterocycles. The third-order valence-corrected chi connectivity index (χ3v) is 2.81. The fourth-order valence-corrected chi connectivity index (χ4v) is 1.86. The number of hydrogen-bond donors (Lipinski definition) is 3. The first kappa shape index (κ1) is 14.9. The van der Waals surface area contributed by atoms with Crippen LogP contribution in [0.25, 0.3) is 0 Å². The standard InChI is InChI=1S/C12H24N4O2/c1-4-5-16(10-6-13-7-10)8-11(17)15-12(18)14-9(2)3/h9-10,13H,4-8H2,1-3H3,(H2,14,15,17,18). The number of rotatable bonds is 6. The molecule has 0 atom stereocenters. The molecule has 1 rings (SSSR count). The quantitative estimate of drug-likeness (QED) is 0.621. The molecule has 0 aromatic rings. The van der Waals surface area contributed by atoms with Gasteiger partial charge < -0.3 is 10.6 Å². The number of urea groups is 1. The first-order valence-corrected chi connectivity index (χ1v) is 6.58. The summed E-state index contributed by atoms with van der Waals surface area (Å²) in [5.74, 6) is -0.242. The summed E-state index contributed by atoms with van der Waals surface area (Å²) in [5.41, 5.74) is 0. The molecular formula is C12H24N4O2. The van der Waals surface area contributed by atoms with E-state index >= 15 is 0 Å². The van der Waals surface area contributed by atoms with Crippen LogP contribution in [0, 0.1) is 0 Å². The smallest absolute Gasteiger partial charge is 0.321 e. The lowest BCUT2D eigenvalue weighted by molar-refractivity contribution is -0.122. The number of nitrogens with zero attached hydrogens (tertiary/aromatic N) is 1. The maximum Gasteiger partial charge on any atom is 0.321 e. The third-order valence-electron chi connectivity index (χ3n) is 2.81. The van der Waals surface area contributed by atoms with E-state index in [0.29, 0.717) is 6.04 Å². The van der Waals surface area contributed by atoms with E-state index in [0.717, 1.165) is 26.1 Å². The van der Waals surface area contributed by atoms with Crippen molar-refractivity contribution >= 4 is 11.9 Å². The van der Waals surface area contributed by atoms with Crippen molar-refractivity contribution in [1.29, 1.82) is 0 Å². The second-order valence-corrected chi connectivity index (χ2v) is 4.96. The molecule has 1 fully saturated rings. The highest BCUT2D eigenvalue weighted by molar-refractivity contribution is 5.95. The van der Waals surface area contributed by atoms with Gasteiger partial charge in [0.05, 0.1) is 6.54 Å². The topological polar surface area (TPSA) is 73.5 Å². The first-order valence-electron chi connectivity index (χ1n) is 6.58. The van der Waals surface area contributed by atoms with Gasteiger partial charge in [-0.25, -0.2) is 4.79 Å². The van der Waals surface area contributed by atoms with E-state index in [1.807, 2.05) is 13.8 Å². The highest BCUT2D eigenvalue weighted by atomic mass is 16.2. The lowest BCUT2D eigenvalue weighted by Gasteiger charge is -2.37. The van der Waals surface area contributed by atoms with Crippen LogP contribution in [0.3, 0.4) is 0 Å². The zero-order chi connectivity index (χ0) is 13.5. The maximum absolute atomic E-state index is 11.7. The molecule has 3 amide bonds. The lowest BCUT2D eigenvalue weighted by Crippen LogP contribution is -2.59. The van der Waals surface area contributed by atoms with E-state index in [9.17, 15) is 9.59 Å². The molecule has 6 heteroatoms. The largest absolute Gasteiger partial charge is 0.336 e. The predicted molar refractivity (Wildman–Crippen MR) is 70.3 cm³/mol. The molecule has 0 aliphatic carbocycles. The lowest BCUT2D eigenvalue weighted by atomic mass is 10.1. The van der Waals surface area contributed by atoms with Gasteiger partial charge in [0, 0.05) is 25.2 Å². The van der Waals surface area contributed by atoms with Crippen LogP contribution in [0.5, 0.6) is 0 Å². The number of carbonyl (C=O) groups excluding carboxylic acids is 2. The summed E-state index contributed by atoms with van der Waals surface area (Å²) in [5, 5.41) is 8.17. The molecule has 18 heavy (non-hydrogen) atoms. The molecule has 104 valence electrons. The molecule has 1 aliphatic heterocycles. The van der Waals surface area contributed by atoms with Crippen LogP contribution in [0.2, 0.25) is 0 Å². The van der Waals surface area contributed by atoms with Crippen molar-refractivity contribution in [2.24, 2.45) is 0 Å². The highest BCUT2D eigenvalue weighted by Gasteiger charge is 2.25. The molecule has 0 bridgehead atoms. The van der Waals surface area contributed by atoms with Crippen LogP contribution in [0.15, 0.2) is 0 Å². The number of carbonyl (C=O) groups is 2. The summed E-state index contributed by atoms with van der Waals surface area (Å²) in [6.45, 7) is 8.80. The van der Waals surface area contributed by atoms with Gasteiger partial charge in [0.15, 0.2) is 0 Å². The minimum atomic E-state index is -0.418. The normalized spacial score (nSPS) is 15.6. The van der Waals surface area contributed by atoms with Crippen LogP contribution in [0.4, 0.5) is 4.79 Å². The Hall–Kier alpha value is -1.14. The fraction of sp³-hybridized carbons (Fsp3) is 0.833. The van der Waals surface area contributed by atoms with Crippen LogP contribution < -0.4 is 16.0 Å². The molecule has 1 saturated heterocycles. The van der Waals surface area contributed by atoms with Crippen LogP contribution in [0.1, 0.15) is 27.2 Å². The average Bonchev–Trinajstić information content (AvgIpc) is 2.12. The minimum absolute atomic E-state index is 0.0281. The third kappa shape index (κ3) is 5.01. The van der Waals surface area contributed by atoms with Crippen molar-refractivity contribution in [1.82, 2.24) is 20.9 Å². The molecule has 0 spiro atoms. The number of hydrogen-bond acceptors (Lipinski definition) is 4. The van der Waals surface area contributed by atoms with E-state index in [1.54, 1.807) is 0 Å². The molecule has 0 aromatic carbocycles. The van der Waals surface area contributed by atoms with E-state index in [2.05, 4.69) is 27.8 Å². The van der Waals surface area contributed by atoms with Crippen molar-refractivity contribution in [2.75, 3.05) is 26.2 Å². The molecule has 6 nitrogen and oxygen atoms in total. The summed E-state index contributed by atoms with van der Waals surface area (Å²) < 4.78 is 0. The van der Waals surface area contributed by atoms with E-state index in [1.165, 1.54) is 0 Å². The van der Waals surface area contributed by atoms with Crippen molar-refractivity contribution in [2.45, 2.75) is 39.3 Å². The molecule has 1 heterocycles. The second kappa shape index (κ2) is 7.33. The average molecular weight is 256 g/mol. The van der Waals surface area contributed by atoms with Crippen molar-refractivity contribution in [3.63, 3.8) is 0 Å². The Morgan fingerprint density at radius 3 is 2.50 bits per heavy atom. The zero-order valence-corrected chi connectivity index (χ0v) is 11.5. The van der Waals surface area contributed by atoms with E-state index in [4.69, 9.17) is 0 Å². The SMILES string of the molecule is CCCN(CC(=O)NC(=O)NC(C)C)C1CNC1. The Morgan fingerprint density at radius 1 is 1.39 bits per heavy atom. The molecule has 0 radical (unpaired) electrons. The first-order chi connectivity index (χ1) is 8.52. The summed E-state index contributed by atoms with van der Waals surface area (Å²) in [4.78, 5) is 25.2. The van der Waals surface area contributed by atoms with Crippen LogP contribution >= 0.6 is 0 Å². The van der Waals surface area contributed by atoms with Crippen LogP contribution in [-0.2, 0) is 4.79 Å². The van der Waals surface area contributed by atoms with Gasteiger partial charge in [-0.15, -0.1) is 0 Å². The van der Waals surface area contributed by atoms with Gasteiger partial charge in [-0.05, 0) is 26.8 Å². The predicted octanol–water partition coefficient (Wildman–Crippen LogP) is -0.0956. The Bertz CT molecular complexity index is 290. The summed E-state index contributed by atoms with van der Waals surface area (Å²) in [6.07, 6.45) is 1.00. The van der Waals surface area contributed by atoms with Crippen molar-refractivity contribution in [3.05, 3.63) is 0 Å². The molecule has 3 N–H and O–H groups in total. The van der Waals surface area contributed by atoms with Gasteiger partial charge in [0.1, 0.15) is 0 Å². The number of nitrogens with one attached hydrogen (secondary N) is 3. The van der Waals surface area contributed by atoms with Crippen molar-refractivity contribution in [3.8, 4) is 0 Å². The van der Waals surface area contributed by atoms with Gasteiger partial charge in [-0.2, -0.15) is 0 Å². The molecule has 0 saturated carbocycles. The summed E-state index contributed by atoms with van der Waals surface area (Å²) >= 11 is 0. The second-order valence-electron chi connectivity index (χ2n) is 4.96. The van der Waals surface area contributed by atoms with Gasteiger partial charge in [0.25, 0.3) is 0 Å². The van der Waals surface area contributed by atoms with Crippen LogP contribution in [-0.4, -0.2) is 55.1 Å². The fourth-order valence-electron chi connectivity index (χ4n) is 1.86. The monoisotopic (exact) mass is 256 g/mol. The Kier molecular flexibility index (Phi) is 6.07. The highest BCUT2D eigenvalue weighted by Crippen LogP contribution is 2.05. The Balaban J connectivity index is 2.33. The molecule has 0 unspecified atom stereocenters. The summed E-state index contributed by atoms with van der Waals surface area (Å²) in [6, 6.07) is 0.0300. The minimum Gasteiger partial charge on any atom is -0.336 e.